The predicted molar refractivity (Wildman–Crippen MR) is 125 cm³/mol. The van der Waals surface area contributed by atoms with Gasteiger partial charge in [0.1, 0.15) is 0 Å². The highest BCUT2D eigenvalue weighted by atomic mass is 35.5. The topological polar surface area (TPSA) is 47.0 Å². The number of aromatic nitrogens is 1. The van der Waals surface area contributed by atoms with Crippen LogP contribution >= 0.6 is 11.6 Å². The van der Waals surface area contributed by atoms with Crippen LogP contribution in [0.5, 0.6) is 5.88 Å². The van der Waals surface area contributed by atoms with Crippen LogP contribution in [-0.4, -0.2) is 42.1 Å². The summed E-state index contributed by atoms with van der Waals surface area (Å²) in [5.41, 5.74) is 2.87. The van der Waals surface area contributed by atoms with E-state index in [2.05, 4.69) is 43.5 Å². The van der Waals surface area contributed by atoms with Crippen molar-refractivity contribution in [3.8, 4) is 5.88 Å². The summed E-state index contributed by atoms with van der Waals surface area (Å²) < 4.78 is 10.8. The third-order valence-corrected chi connectivity index (χ3v) is 5.42. The molecule has 0 radical (unpaired) electrons. The molecule has 0 saturated carbocycles. The van der Waals surface area contributed by atoms with Gasteiger partial charge in [-0.1, -0.05) is 30.7 Å². The Hall–Kier alpha value is -1.85. The van der Waals surface area contributed by atoms with Crippen molar-refractivity contribution in [1.82, 2.24) is 9.99 Å². The molecule has 1 aromatic rings. The number of aryl methyl sites for hydroxylation is 1. The molecular formula is C24H36ClN3O2. The quantitative estimate of drug-likeness (QED) is 0.374. The minimum atomic E-state index is -0.140. The summed E-state index contributed by atoms with van der Waals surface area (Å²) in [5, 5.41) is 7.13. The van der Waals surface area contributed by atoms with E-state index in [1.165, 1.54) is 12.0 Å². The number of hydrogen-bond donors (Lipinski definition) is 0. The van der Waals surface area contributed by atoms with Gasteiger partial charge in [-0.2, -0.15) is 5.10 Å². The molecule has 0 N–H and O–H groups in total. The summed E-state index contributed by atoms with van der Waals surface area (Å²) in [5.74, 6) is 0.694. The number of unbranched alkanes of at least 4 members (excludes halogenated alkanes) is 3. The first-order chi connectivity index (χ1) is 14.3. The van der Waals surface area contributed by atoms with Crippen LogP contribution in [0.4, 0.5) is 0 Å². The summed E-state index contributed by atoms with van der Waals surface area (Å²) in [7, 11) is 1.74. The zero-order chi connectivity index (χ0) is 22.0. The van der Waals surface area contributed by atoms with Crippen molar-refractivity contribution < 1.29 is 9.47 Å². The van der Waals surface area contributed by atoms with Gasteiger partial charge in [0.15, 0.2) is 0 Å². The van der Waals surface area contributed by atoms with Crippen molar-refractivity contribution in [2.75, 3.05) is 20.3 Å². The zero-order valence-electron chi connectivity index (χ0n) is 18.9. The van der Waals surface area contributed by atoms with Crippen LogP contribution in [-0.2, 0) is 11.2 Å². The lowest BCUT2D eigenvalue weighted by atomic mass is 10.0. The Morgan fingerprint density at radius 1 is 1.03 bits per heavy atom. The minimum absolute atomic E-state index is 0.140. The van der Waals surface area contributed by atoms with E-state index in [1.54, 1.807) is 7.11 Å². The molecular weight excluding hydrogens is 398 g/mol. The van der Waals surface area contributed by atoms with Gasteiger partial charge in [-0.05, 0) is 70.4 Å². The van der Waals surface area contributed by atoms with E-state index in [0.29, 0.717) is 17.5 Å². The van der Waals surface area contributed by atoms with E-state index < -0.39 is 0 Å². The number of allylic oxidation sites excluding steroid dienone is 2. The van der Waals surface area contributed by atoms with Crippen LogP contribution in [0, 0.1) is 0 Å². The zero-order valence-corrected chi connectivity index (χ0v) is 19.7. The smallest absolute Gasteiger partial charge is 0.213 e. The lowest BCUT2D eigenvalue weighted by Crippen LogP contribution is -2.38. The van der Waals surface area contributed by atoms with Gasteiger partial charge in [-0.25, -0.2) is 4.98 Å². The van der Waals surface area contributed by atoms with Crippen LogP contribution in [0.2, 0.25) is 0 Å². The number of halogens is 1. The average Bonchev–Trinajstić information content (AvgIpc) is 2.70. The summed E-state index contributed by atoms with van der Waals surface area (Å²) in [6.07, 6.45) is 11.0. The van der Waals surface area contributed by atoms with Crippen molar-refractivity contribution in [2.24, 2.45) is 5.10 Å². The fraction of sp³-hybridized carbons (Fsp3) is 0.583. The molecule has 0 saturated heterocycles. The van der Waals surface area contributed by atoms with Crippen LogP contribution < -0.4 is 4.74 Å². The molecule has 2 rings (SSSR count). The highest BCUT2D eigenvalue weighted by Crippen LogP contribution is 2.32. The lowest BCUT2D eigenvalue weighted by molar-refractivity contribution is 0.191. The fourth-order valence-electron chi connectivity index (χ4n) is 3.29. The SMILES string of the molecule is C=C1C(Cl)=C(CCCc2ccc(OCCCCCCOC)nc2)C=NN1C(C)(C)C. The van der Waals surface area contributed by atoms with Gasteiger partial charge in [-0.15, -0.1) is 0 Å². The van der Waals surface area contributed by atoms with Gasteiger partial charge in [0.05, 0.1) is 29.1 Å². The molecule has 6 heteroatoms. The molecule has 0 spiro atoms. The van der Waals surface area contributed by atoms with Crippen molar-refractivity contribution in [2.45, 2.75) is 71.3 Å². The summed E-state index contributed by atoms with van der Waals surface area (Å²) >= 11 is 6.54. The molecule has 0 fully saturated rings. The first kappa shape index (κ1) is 24.4. The van der Waals surface area contributed by atoms with Gasteiger partial charge >= 0.3 is 0 Å². The van der Waals surface area contributed by atoms with Crippen LogP contribution in [0.15, 0.2) is 46.3 Å². The van der Waals surface area contributed by atoms with E-state index in [4.69, 9.17) is 21.1 Å². The summed E-state index contributed by atoms with van der Waals surface area (Å²) in [6.45, 7) is 11.9. The minimum Gasteiger partial charge on any atom is -0.478 e. The molecule has 0 aliphatic carbocycles. The molecule has 1 aliphatic rings. The Labute approximate surface area is 186 Å². The third-order valence-electron chi connectivity index (χ3n) is 4.96. The molecule has 0 atom stereocenters. The number of nitrogens with zero attached hydrogens (tertiary/aromatic N) is 3. The largest absolute Gasteiger partial charge is 0.478 e. The highest BCUT2D eigenvalue weighted by Gasteiger charge is 2.27. The van der Waals surface area contributed by atoms with E-state index >= 15 is 0 Å². The molecule has 0 aromatic carbocycles. The Bertz CT molecular complexity index is 736. The van der Waals surface area contributed by atoms with E-state index in [1.807, 2.05) is 23.5 Å². The van der Waals surface area contributed by atoms with Gasteiger partial charge in [-0.3, -0.25) is 5.01 Å². The molecule has 1 aliphatic heterocycles. The van der Waals surface area contributed by atoms with Gasteiger partial charge in [0.25, 0.3) is 0 Å². The second-order valence-corrected chi connectivity index (χ2v) is 9.00. The standard InChI is InChI=1S/C24H36ClN3O2/c1-19-23(25)21(18-27-28(19)24(2,3)4)12-10-11-20-13-14-22(26-17-20)30-16-9-7-6-8-15-29-5/h13-14,17-18H,1,6-12,15-16H2,2-5H3. The van der Waals surface area contributed by atoms with E-state index in [9.17, 15) is 0 Å². The first-order valence-electron chi connectivity index (χ1n) is 10.8. The fourth-order valence-corrected chi connectivity index (χ4v) is 3.51. The molecule has 1 aromatic heterocycles. The Balaban J connectivity index is 1.71. The number of hydrazone groups is 1. The Morgan fingerprint density at radius 2 is 1.77 bits per heavy atom. The molecule has 30 heavy (non-hydrogen) atoms. The summed E-state index contributed by atoms with van der Waals surface area (Å²) in [6, 6.07) is 4.05. The van der Waals surface area contributed by atoms with E-state index in [-0.39, 0.29) is 5.54 Å². The number of pyridine rings is 1. The number of methoxy groups -OCH3 is 1. The Morgan fingerprint density at radius 3 is 2.40 bits per heavy atom. The maximum Gasteiger partial charge on any atom is 0.213 e. The van der Waals surface area contributed by atoms with Crippen molar-refractivity contribution in [3.63, 3.8) is 0 Å². The van der Waals surface area contributed by atoms with Gasteiger partial charge in [0, 0.05) is 26.0 Å². The van der Waals surface area contributed by atoms with E-state index in [0.717, 1.165) is 56.4 Å². The molecule has 2 heterocycles. The Kier molecular flexibility index (Phi) is 9.86. The second kappa shape index (κ2) is 12.1. The van der Waals surface area contributed by atoms with Gasteiger partial charge < -0.3 is 9.47 Å². The molecule has 0 bridgehead atoms. The first-order valence-corrected chi connectivity index (χ1v) is 11.2. The maximum absolute atomic E-state index is 6.54. The predicted octanol–water partition coefficient (Wildman–Crippen LogP) is 6.10. The van der Waals surface area contributed by atoms with Crippen molar-refractivity contribution in [3.05, 3.63) is 46.8 Å². The summed E-state index contributed by atoms with van der Waals surface area (Å²) in [4.78, 5) is 4.43. The van der Waals surface area contributed by atoms with Crippen LogP contribution in [0.25, 0.3) is 0 Å². The number of hydrogen-bond acceptors (Lipinski definition) is 5. The molecule has 166 valence electrons. The average molecular weight is 434 g/mol. The number of ether oxygens (including phenoxy) is 2. The van der Waals surface area contributed by atoms with Crippen molar-refractivity contribution >= 4 is 17.8 Å². The number of rotatable bonds is 12. The molecule has 0 unspecified atom stereocenters. The molecule has 5 nitrogen and oxygen atoms in total. The third kappa shape index (κ3) is 7.77. The van der Waals surface area contributed by atoms with Crippen LogP contribution in [0.1, 0.15) is 64.9 Å². The van der Waals surface area contributed by atoms with Gasteiger partial charge in [0.2, 0.25) is 5.88 Å². The lowest BCUT2D eigenvalue weighted by Gasteiger charge is -2.36. The second-order valence-electron chi connectivity index (χ2n) is 8.63. The van der Waals surface area contributed by atoms with Crippen LogP contribution in [0.3, 0.4) is 0 Å². The highest BCUT2D eigenvalue weighted by molar-refractivity contribution is 6.33. The normalized spacial score (nSPS) is 14.6. The monoisotopic (exact) mass is 433 g/mol. The maximum atomic E-state index is 6.54. The molecule has 0 amide bonds. The van der Waals surface area contributed by atoms with Crippen molar-refractivity contribution in [1.29, 1.82) is 0 Å².